The van der Waals surface area contributed by atoms with Gasteiger partial charge in [0.15, 0.2) is 6.29 Å². The molecular weight excluding hydrogens is 208 g/mol. The van der Waals surface area contributed by atoms with Gasteiger partial charge in [-0.2, -0.15) is 0 Å². The zero-order chi connectivity index (χ0) is 12.7. The van der Waals surface area contributed by atoms with Gasteiger partial charge in [0, 0.05) is 6.42 Å². The molecule has 0 amide bonds. The van der Waals surface area contributed by atoms with Gasteiger partial charge in [0.05, 0.1) is 0 Å². The number of hydrogen-bond acceptors (Lipinski definition) is 1. The predicted molar refractivity (Wildman–Crippen MR) is 71.5 cm³/mol. The van der Waals surface area contributed by atoms with Crippen molar-refractivity contribution in [3.8, 4) is 0 Å². The summed E-state index contributed by atoms with van der Waals surface area (Å²) in [5.74, 6) is 0.622. The first kappa shape index (κ1) is 12.9. The van der Waals surface area contributed by atoms with Crippen molar-refractivity contribution in [1.82, 2.24) is 0 Å². The van der Waals surface area contributed by atoms with Crippen molar-refractivity contribution < 1.29 is 4.79 Å². The summed E-state index contributed by atoms with van der Waals surface area (Å²) in [5, 5.41) is 0. The highest BCUT2D eigenvalue weighted by atomic mass is 16.1. The molecule has 0 aliphatic heterocycles. The summed E-state index contributed by atoms with van der Waals surface area (Å²) in [6, 6.07) is 0. The first-order valence-electron chi connectivity index (χ1n) is 6.95. The number of allylic oxidation sites excluding steroid dienone is 2. The third kappa shape index (κ3) is 2.21. The van der Waals surface area contributed by atoms with Crippen LogP contribution < -0.4 is 0 Å². The highest BCUT2D eigenvalue weighted by Gasteiger charge is 2.42. The van der Waals surface area contributed by atoms with Crippen LogP contribution >= 0.6 is 0 Å². The fourth-order valence-corrected chi connectivity index (χ4v) is 3.71. The molecule has 0 saturated carbocycles. The largest absolute Gasteiger partial charge is 0.291 e. The van der Waals surface area contributed by atoms with E-state index in [4.69, 9.17) is 0 Å². The van der Waals surface area contributed by atoms with Crippen LogP contribution in [0, 0.1) is 16.7 Å². The molecule has 0 spiro atoms. The van der Waals surface area contributed by atoms with Gasteiger partial charge < -0.3 is 0 Å². The molecule has 0 aromatic carbocycles. The maximum atomic E-state index is 10.8. The Kier molecular flexibility index (Phi) is 3.22. The van der Waals surface area contributed by atoms with Crippen molar-refractivity contribution in [3.05, 3.63) is 11.1 Å². The molecule has 0 aromatic rings. The maximum Gasteiger partial charge on any atom is 0.198 e. The second-order valence-electron chi connectivity index (χ2n) is 7.08. The topological polar surface area (TPSA) is 17.1 Å². The average molecular weight is 233 g/mol. The fraction of sp³-hybridized carbons (Fsp3) is 0.812. The lowest BCUT2D eigenvalue weighted by atomic mass is 9.57. The average Bonchev–Trinajstić information content (AvgIpc) is 2.22. The Morgan fingerprint density at radius 3 is 2.71 bits per heavy atom. The van der Waals surface area contributed by atoms with Gasteiger partial charge in [-0.25, -0.2) is 0 Å². The molecule has 0 aromatic heterocycles. The standard InChI is InChI=1S/C16H25O/c1-12-10-13-6-5-7-15(2,3)14(13)11-16(12,4)8-9-17/h12H,5-8,10-11H2,1-4H3. The van der Waals surface area contributed by atoms with Gasteiger partial charge in [-0.1, -0.05) is 38.8 Å². The van der Waals surface area contributed by atoms with Crippen molar-refractivity contribution in [3.63, 3.8) is 0 Å². The van der Waals surface area contributed by atoms with Crippen molar-refractivity contribution in [1.29, 1.82) is 0 Å². The summed E-state index contributed by atoms with van der Waals surface area (Å²) >= 11 is 0. The molecule has 2 aliphatic carbocycles. The van der Waals surface area contributed by atoms with Crippen LogP contribution in [-0.2, 0) is 4.79 Å². The summed E-state index contributed by atoms with van der Waals surface area (Å²) < 4.78 is 0. The molecule has 2 rings (SSSR count). The minimum Gasteiger partial charge on any atom is -0.291 e. The van der Waals surface area contributed by atoms with Crippen LogP contribution in [0.4, 0.5) is 0 Å². The Hall–Kier alpha value is -0.590. The lowest BCUT2D eigenvalue weighted by Crippen LogP contribution is -2.36. The van der Waals surface area contributed by atoms with Crippen molar-refractivity contribution in [2.75, 3.05) is 0 Å². The smallest absolute Gasteiger partial charge is 0.198 e. The molecule has 17 heavy (non-hydrogen) atoms. The Labute approximate surface area is 106 Å². The van der Waals surface area contributed by atoms with Gasteiger partial charge in [-0.15, -0.1) is 0 Å². The maximum absolute atomic E-state index is 10.8. The fourth-order valence-electron chi connectivity index (χ4n) is 3.71. The van der Waals surface area contributed by atoms with Gasteiger partial charge in [0.25, 0.3) is 0 Å². The van der Waals surface area contributed by atoms with E-state index < -0.39 is 0 Å². The second kappa shape index (κ2) is 4.26. The van der Waals surface area contributed by atoms with Crippen LogP contribution in [0.5, 0.6) is 0 Å². The minimum absolute atomic E-state index is 0.148. The zero-order valence-electron chi connectivity index (χ0n) is 11.7. The molecule has 1 nitrogen and oxygen atoms in total. The van der Waals surface area contributed by atoms with Crippen LogP contribution in [-0.4, -0.2) is 6.29 Å². The molecule has 0 saturated heterocycles. The Bertz CT molecular complexity index is 351. The van der Waals surface area contributed by atoms with Crippen LogP contribution in [0.1, 0.15) is 66.2 Å². The lowest BCUT2D eigenvalue weighted by Gasteiger charge is -2.47. The highest BCUT2D eigenvalue weighted by Crippen LogP contribution is 2.54. The van der Waals surface area contributed by atoms with E-state index in [1.165, 1.54) is 25.7 Å². The van der Waals surface area contributed by atoms with Gasteiger partial charge in [0.2, 0.25) is 0 Å². The number of hydrogen-bond donors (Lipinski definition) is 0. The van der Waals surface area contributed by atoms with Crippen LogP contribution in [0.15, 0.2) is 11.1 Å². The predicted octanol–water partition coefficient (Wildman–Crippen LogP) is 4.43. The highest BCUT2D eigenvalue weighted by molar-refractivity contribution is 5.52. The van der Waals surface area contributed by atoms with Crippen LogP contribution in [0.2, 0.25) is 0 Å². The molecular formula is C16H25O. The van der Waals surface area contributed by atoms with Crippen LogP contribution in [0.3, 0.4) is 0 Å². The lowest BCUT2D eigenvalue weighted by molar-refractivity contribution is 0.160. The van der Waals surface area contributed by atoms with E-state index in [1.807, 2.05) is 0 Å². The molecule has 2 unspecified atom stereocenters. The van der Waals surface area contributed by atoms with E-state index in [1.54, 1.807) is 11.1 Å². The van der Waals surface area contributed by atoms with Gasteiger partial charge >= 0.3 is 0 Å². The third-order valence-corrected chi connectivity index (χ3v) is 5.32. The molecule has 1 radical (unpaired) electrons. The Morgan fingerprint density at radius 2 is 2.06 bits per heavy atom. The van der Waals surface area contributed by atoms with Gasteiger partial charge in [0.1, 0.15) is 0 Å². The summed E-state index contributed by atoms with van der Waals surface area (Å²) in [6.45, 7) is 9.34. The van der Waals surface area contributed by atoms with E-state index >= 15 is 0 Å². The SMILES string of the molecule is CC1CC2=C(CC1(C)C[C]=O)C(C)(C)CCC2. The summed E-state index contributed by atoms with van der Waals surface area (Å²) in [4.78, 5) is 10.8. The first-order valence-corrected chi connectivity index (χ1v) is 6.95. The van der Waals surface area contributed by atoms with Gasteiger partial charge in [-0.3, -0.25) is 4.79 Å². The second-order valence-corrected chi connectivity index (χ2v) is 7.08. The molecule has 0 heterocycles. The van der Waals surface area contributed by atoms with E-state index in [9.17, 15) is 4.79 Å². The van der Waals surface area contributed by atoms with Gasteiger partial charge in [-0.05, 0) is 48.9 Å². The Balaban J connectivity index is 2.33. The minimum atomic E-state index is 0.148. The van der Waals surface area contributed by atoms with Crippen molar-refractivity contribution in [2.45, 2.75) is 66.2 Å². The molecule has 0 N–H and O–H groups in total. The molecule has 2 atom stereocenters. The zero-order valence-corrected chi connectivity index (χ0v) is 11.7. The van der Waals surface area contributed by atoms with Crippen molar-refractivity contribution >= 4 is 6.29 Å². The molecule has 1 heteroatoms. The quantitative estimate of drug-likeness (QED) is 0.645. The Morgan fingerprint density at radius 1 is 1.35 bits per heavy atom. The summed E-state index contributed by atoms with van der Waals surface area (Å²) in [6.07, 6.45) is 9.02. The van der Waals surface area contributed by atoms with E-state index in [2.05, 4.69) is 34.0 Å². The monoisotopic (exact) mass is 233 g/mol. The normalized spacial score (nSPS) is 36.6. The van der Waals surface area contributed by atoms with Crippen molar-refractivity contribution in [2.24, 2.45) is 16.7 Å². The molecule has 95 valence electrons. The number of rotatable bonds is 2. The van der Waals surface area contributed by atoms with E-state index in [0.29, 0.717) is 17.8 Å². The number of carbonyl (C=O) groups excluding carboxylic acids is 1. The van der Waals surface area contributed by atoms with E-state index in [0.717, 1.165) is 6.42 Å². The van der Waals surface area contributed by atoms with E-state index in [-0.39, 0.29) is 5.41 Å². The third-order valence-electron chi connectivity index (χ3n) is 5.32. The van der Waals surface area contributed by atoms with Crippen LogP contribution in [0.25, 0.3) is 0 Å². The molecule has 0 fully saturated rings. The molecule has 2 aliphatic rings. The summed E-state index contributed by atoms with van der Waals surface area (Å²) in [5.41, 5.74) is 3.88. The summed E-state index contributed by atoms with van der Waals surface area (Å²) in [7, 11) is 0. The first-order chi connectivity index (χ1) is 7.89. The molecule has 0 bridgehead atoms.